The normalized spacial score (nSPS) is 17.5. The Labute approximate surface area is 100 Å². The van der Waals surface area contributed by atoms with Gasteiger partial charge in [-0.15, -0.1) is 11.8 Å². The van der Waals surface area contributed by atoms with Crippen molar-refractivity contribution in [1.29, 1.82) is 0 Å². The summed E-state index contributed by atoms with van der Waals surface area (Å²) in [5.41, 5.74) is 0.894. The van der Waals surface area contributed by atoms with Crippen LogP contribution in [0.4, 0.5) is 0 Å². The van der Waals surface area contributed by atoms with E-state index in [9.17, 15) is 5.11 Å². The maximum Gasteiger partial charge on any atom is 0.136 e. The third-order valence-corrected chi connectivity index (χ3v) is 3.41. The minimum atomic E-state index is -0.615. The van der Waals surface area contributed by atoms with Crippen LogP contribution in [0.25, 0.3) is 0 Å². The van der Waals surface area contributed by atoms with Crippen molar-refractivity contribution >= 4 is 11.8 Å². The van der Waals surface area contributed by atoms with Gasteiger partial charge in [-0.3, -0.25) is 0 Å². The van der Waals surface area contributed by atoms with Crippen molar-refractivity contribution in [1.82, 2.24) is 0 Å². The van der Waals surface area contributed by atoms with E-state index in [-0.39, 0.29) is 0 Å². The highest BCUT2D eigenvalue weighted by Crippen LogP contribution is 2.27. The summed E-state index contributed by atoms with van der Waals surface area (Å²) >= 11 is 1.70. The first-order valence-corrected chi connectivity index (χ1v) is 6.68. The van der Waals surface area contributed by atoms with Crippen LogP contribution in [0.5, 0.6) is 0 Å². The zero-order chi connectivity index (χ0) is 11.4. The van der Waals surface area contributed by atoms with Crippen LogP contribution in [0.1, 0.15) is 24.5 Å². The van der Waals surface area contributed by atoms with Crippen molar-refractivity contribution in [2.24, 2.45) is 0 Å². The smallest absolute Gasteiger partial charge is 0.136 e. The number of benzene rings is 1. The number of hydrogen-bond donors (Lipinski definition) is 1. The first-order valence-electron chi connectivity index (χ1n) is 5.46. The monoisotopic (exact) mass is 236 g/mol. The molecule has 2 nitrogen and oxygen atoms in total. The lowest BCUT2D eigenvalue weighted by atomic mass is 10.1. The molecule has 1 unspecified atom stereocenters. The van der Waals surface area contributed by atoms with Gasteiger partial charge in [0.25, 0.3) is 0 Å². The molecule has 3 heteroatoms. The molecule has 0 fully saturated rings. The van der Waals surface area contributed by atoms with Crippen molar-refractivity contribution in [3.63, 3.8) is 0 Å². The average Bonchev–Trinajstić information content (AvgIpc) is 2.39. The van der Waals surface area contributed by atoms with E-state index in [1.54, 1.807) is 11.8 Å². The maximum absolute atomic E-state index is 10.1. The highest BCUT2D eigenvalue weighted by Gasteiger charge is 2.16. The maximum atomic E-state index is 10.1. The van der Waals surface area contributed by atoms with E-state index in [2.05, 4.69) is 0 Å². The van der Waals surface area contributed by atoms with Crippen LogP contribution in [0.3, 0.4) is 0 Å². The molecule has 1 aromatic carbocycles. The fourth-order valence-electron chi connectivity index (χ4n) is 1.72. The van der Waals surface area contributed by atoms with Gasteiger partial charge in [-0.1, -0.05) is 12.1 Å². The number of ether oxygens (including phenoxy) is 1. The molecule has 1 aromatic rings. The molecule has 16 heavy (non-hydrogen) atoms. The molecule has 1 aliphatic rings. The van der Waals surface area contributed by atoms with Gasteiger partial charge in [-0.05, 0) is 42.9 Å². The summed E-state index contributed by atoms with van der Waals surface area (Å²) in [5, 5.41) is 10.1. The van der Waals surface area contributed by atoms with Crippen LogP contribution in [0.2, 0.25) is 0 Å². The molecule has 1 atom stereocenters. The molecule has 1 aliphatic heterocycles. The third kappa shape index (κ3) is 2.60. The van der Waals surface area contributed by atoms with Crippen molar-refractivity contribution in [2.45, 2.75) is 23.8 Å². The lowest BCUT2D eigenvalue weighted by Crippen LogP contribution is -2.09. The SMILES string of the molecule is CSc1ccc(C(O)C2=CCCCO2)cc1. The number of allylic oxidation sites excluding steroid dienone is 1. The summed E-state index contributed by atoms with van der Waals surface area (Å²) in [6, 6.07) is 7.95. The first-order chi connectivity index (χ1) is 7.81. The quantitative estimate of drug-likeness (QED) is 0.818. The zero-order valence-corrected chi connectivity index (χ0v) is 10.2. The zero-order valence-electron chi connectivity index (χ0n) is 9.35. The fraction of sp³-hybridized carbons (Fsp3) is 0.385. The summed E-state index contributed by atoms with van der Waals surface area (Å²) in [6.45, 7) is 0.714. The van der Waals surface area contributed by atoms with Crippen LogP contribution in [-0.4, -0.2) is 18.0 Å². The van der Waals surface area contributed by atoms with E-state index in [0.29, 0.717) is 12.4 Å². The van der Waals surface area contributed by atoms with Gasteiger partial charge in [0.2, 0.25) is 0 Å². The summed E-state index contributed by atoms with van der Waals surface area (Å²) in [7, 11) is 0. The molecule has 0 saturated carbocycles. The fourth-order valence-corrected chi connectivity index (χ4v) is 2.13. The van der Waals surface area contributed by atoms with Gasteiger partial charge >= 0.3 is 0 Å². The average molecular weight is 236 g/mol. The van der Waals surface area contributed by atoms with Crippen LogP contribution < -0.4 is 0 Å². The van der Waals surface area contributed by atoms with Gasteiger partial charge < -0.3 is 9.84 Å². The Balaban J connectivity index is 2.13. The largest absolute Gasteiger partial charge is 0.495 e. The van der Waals surface area contributed by atoms with Gasteiger partial charge in [0.15, 0.2) is 0 Å². The van der Waals surface area contributed by atoms with E-state index >= 15 is 0 Å². The van der Waals surface area contributed by atoms with Gasteiger partial charge in [-0.2, -0.15) is 0 Å². The topological polar surface area (TPSA) is 29.5 Å². The van der Waals surface area contributed by atoms with Gasteiger partial charge in [0, 0.05) is 4.90 Å². The number of aliphatic hydroxyl groups is 1. The minimum Gasteiger partial charge on any atom is -0.495 e. The molecular weight excluding hydrogens is 220 g/mol. The number of aliphatic hydroxyl groups excluding tert-OH is 1. The minimum absolute atomic E-state index is 0.615. The molecule has 1 heterocycles. The van der Waals surface area contributed by atoms with Crippen molar-refractivity contribution in [3.05, 3.63) is 41.7 Å². The summed E-state index contributed by atoms with van der Waals surface area (Å²) in [6.07, 6.45) is 5.45. The second-order valence-electron chi connectivity index (χ2n) is 3.77. The van der Waals surface area contributed by atoms with Crippen molar-refractivity contribution < 1.29 is 9.84 Å². The highest BCUT2D eigenvalue weighted by atomic mass is 32.2. The molecule has 0 aromatic heterocycles. The Morgan fingerprint density at radius 2 is 2.06 bits per heavy atom. The Hall–Kier alpha value is -0.930. The van der Waals surface area contributed by atoms with Crippen LogP contribution in [-0.2, 0) is 4.74 Å². The van der Waals surface area contributed by atoms with Crippen LogP contribution in [0, 0.1) is 0 Å². The highest BCUT2D eigenvalue weighted by molar-refractivity contribution is 7.98. The molecule has 86 valence electrons. The van der Waals surface area contributed by atoms with Crippen LogP contribution >= 0.6 is 11.8 Å². The molecule has 0 bridgehead atoms. The molecule has 0 spiro atoms. The summed E-state index contributed by atoms with van der Waals surface area (Å²) in [4.78, 5) is 1.20. The molecule has 0 saturated heterocycles. The number of hydrogen-bond acceptors (Lipinski definition) is 3. The molecular formula is C13H16O2S. The van der Waals surface area contributed by atoms with Gasteiger partial charge in [0.05, 0.1) is 6.61 Å². The molecule has 0 amide bonds. The third-order valence-electron chi connectivity index (χ3n) is 2.66. The predicted molar refractivity (Wildman–Crippen MR) is 66.5 cm³/mol. The van der Waals surface area contributed by atoms with E-state index in [1.807, 2.05) is 36.6 Å². The lowest BCUT2D eigenvalue weighted by Gasteiger charge is -2.20. The summed E-state index contributed by atoms with van der Waals surface area (Å²) in [5.74, 6) is 0.697. The van der Waals surface area contributed by atoms with Crippen molar-refractivity contribution in [3.8, 4) is 0 Å². The van der Waals surface area contributed by atoms with E-state index < -0.39 is 6.10 Å². The van der Waals surface area contributed by atoms with Crippen molar-refractivity contribution in [2.75, 3.05) is 12.9 Å². The van der Waals surface area contributed by atoms with Gasteiger partial charge in [-0.25, -0.2) is 0 Å². The van der Waals surface area contributed by atoms with Crippen LogP contribution in [0.15, 0.2) is 41.0 Å². The Kier molecular flexibility index (Phi) is 3.91. The second-order valence-corrected chi connectivity index (χ2v) is 4.65. The van der Waals surface area contributed by atoms with E-state index in [4.69, 9.17) is 4.74 Å². The Morgan fingerprint density at radius 3 is 2.62 bits per heavy atom. The Bertz CT molecular complexity index is 370. The first kappa shape index (κ1) is 11.6. The number of thioether (sulfide) groups is 1. The standard InChI is InChI=1S/C13H16O2S/c1-16-11-7-5-10(6-8-11)13(14)12-4-2-3-9-15-12/h4-8,13-14H,2-3,9H2,1H3. The molecule has 0 aliphatic carbocycles. The molecule has 0 radical (unpaired) electrons. The lowest BCUT2D eigenvalue weighted by molar-refractivity contribution is 0.0918. The van der Waals surface area contributed by atoms with E-state index in [0.717, 1.165) is 18.4 Å². The van der Waals surface area contributed by atoms with E-state index in [1.165, 1.54) is 4.90 Å². The molecule has 1 N–H and O–H groups in total. The summed E-state index contributed by atoms with van der Waals surface area (Å²) < 4.78 is 5.46. The Morgan fingerprint density at radius 1 is 1.31 bits per heavy atom. The predicted octanol–water partition coefficient (Wildman–Crippen LogP) is 3.14. The number of rotatable bonds is 3. The molecule has 2 rings (SSSR count). The van der Waals surface area contributed by atoms with Gasteiger partial charge in [0.1, 0.15) is 11.9 Å². The second kappa shape index (κ2) is 5.41.